The number of hydrogen-bond acceptors (Lipinski definition) is 1. The van der Waals surface area contributed by atoms with Crippen molar-refractivity contribution in [2.45, 2.75) is 6.92 Å². The summed E-state index contributed by atoms with van der Waals surface area (Å²) in [5.41, 5.74) is 0. The van der Waals surface area contributed by atoms with Crippen molar-refractivity contribution in [1.82, 2.24) is 0 Å². The first-order valence-electron chi connectivity index (χ1n) is 3.02. The summed E-state index contributed by atoms with van der Waals surface area (Å²) in [6.07, 6.45) is 0. The summed E-state index contributed by atoms with van der Waals surface area (Å²) in [6, 6.07) is 12.0. The highest BCUT2D eigenvalue weighted by molar-refractivity contribution is 4.99. The maximum atomic E-state index is 7.57. The van der Waals surface area contributed by atoms with Crippen molar-refractivity contribution in [3.63, 3.8) is 0 Å². The lowest BCUT2D eigenvalue weighted by Gasteiger charge is -1.69. The Morgan fingerprint density at radius 1 is 0.900 bits per heavy atom. The van der Waals surface area contributed by atoms with Gasteiger partial charge in [0.1, 0.15) is 0 Å². The molecule has 0 atom stereocenters. The van der Waals surface area contributed by atoms with E-state index in [1.165, 1.54) is 0 Å². The van der Waals surface area contributed by atoms with Gasteiger partial charge < -0.3 is 10.6 Å². The van der Waals surface area contributed by atoms with Crippen LogP contribution in [0.1, 0.15) is 6.92 Å². The van der Waals surface area contributed by atoms with E-state index in [9.17, 15) is 0 Å². The largest absolute Gasteiger partial charge is 0.412 e. The van der Waals surface area contributed by atoms with E-state index in [0.29, 0.717) is 0 Å². The molecule has 0 bridgehead atoms. The van der Waals surface area contributed by atoms with Crippen LogP contribution in [0.5, 0.6) is 0 Å². The van der Waals surface area contributed by atoms with Crippen LogP contribution in [0.4, 0.5) is 0 Å². The monoisotopic (exact) mass is 142 g/mol. The Morgan fingerprint density at radius 3 is 1.10 bits per heavy atom. The topological polar surface area (TPSA) is 51.7 Å². The maximum Gasteiger partial charge on any atom is 0.0402 e. The van der Waals surface area contributed by atoms with Gasteiger partial charge in [-0.3, -0.25) is 0 Å². The Labute approximate surface area is 61.4 Å². The van der Waals surface area contributed by atoms with Gasteiger partial charge in [0.05, 0.1) is 0 Å². The molecule has 0 unspecified atom stereocenters. The van der Waals surface area contributed by atoms with Gasteiger partial charge in [-0.1, -0.05) is 36.4 Å². The zero-order valence-corrected chi connectivity index (χ0v) is 6.12. The van der Waals surface area contributed by atoms with Gasteiger partial charge in [-0.2, -0.15) is 0 Å². The van der Waals surface area contributed by atoms with Crippen LogP contribution in [0.15, 0.2) is 36.4 Å². The molecule has 0 saturated carbocycles. The number of aliphatic hydroxyl groups is 1. The third kappa shape index (κ3) is 10.2. The molecule has 0 saturated heterocycles. The van der Waals surface area contributed by atoms with Gasteiger partial charge in [0.25, 0.3) is 0 Å². The van der Waals surface area contributed by atoms with Crippen LogP contribution >= 0.6 is 0 Å². The van der Waals surface area contributed by atoms with Gasteiger partial charge >= 0.3 is 0 Å². The third-order valence-electron chi connectivity index (χ3n) is 0.667. The second-order valence-electron chi connectivity index (χ2n) is 1.47. The molecule has 0 fully saturated rings. The molecule has 2 heteroatoms. The van der Waals surface area contributed by atoms with Crippen molar-refractivity contribution in [3.05, 3.63) is 36.4 Å². The van der Waals surface area contributed by atoms with Gasteiger partial charge in [0, 0.05) is 6.61 Å². The highest BCUT2D eigenvalue weighted by Crippen LogP contribution is 1.79. The fourth-order valence-electron chi connectivity index (χ4n) is 0.385. The van der Waals surface area contributed by atoms with Crippen molar-refractivity contribution < 1.29 is 10.6 Å². The molecule has 10 heavy (non-hydrogen) atoms. The smallest absolute Gasteiger partial charge is 0.0402 e. The number of aliphatic hydroxyl groups excluding tert-OH is 1. The molecular formula is C8H14O2. The summed E-state index contributed by atoms with van der Waals surface area (Å²) in [4.78, 5) is 0. The normalized spacial score (nSPS) is 6.60. The second-order valence-corrected chi connectivity index (χ2v) is 1.47. The first-order valence-corrected chi connectivity index (χ1v) is 3.02. The summed E-state index contributed by atoms with van der Waals surface area (Å²) < 4.78 is 0. The van der Waals surface area contributed by atoms with E-state index in [1.807, 2.05) is 36.4 Å². The Kier molecular flexibility index (Phi) is 13.1. The van der Waals surface area contributed by atoms with E-state index in [-0.39, 0.29) is 12.1 Å². The lowest BCUT2D eigenvalue weighted by Crippen LogP contribution is -1.57. The van der Waals surface area contributed by atoms with Gasteiger partial charge in [0.2, 0.25) is 0 Å². The summed E-state index contributed by atoms with van der Waals surface area (Å²) in [5.74, 6) is 0. The predicted molar refractivity (Wildman–Crippen MR) is 42.8 cm³/mol. The van der Waals surface area contributed by atoms with Crippen LogP contribution < -0.4 is 0 Å². The van der Waals surface area contributed by atoms with Crippen LogP contribution in [-0.4, -0.2) is 17.2 Å². The molecular weight excluding hydrogens is 128 g/mol. The minimum atomic E-state index is 0. The summed E-state index contributed by atoms with van der Waals surface area (Å²) in [7, 11) is 0. The van der Waals surface area contributed by atoms with E-state index >= 15 is 0 Å². The highest BCUT2D eigenvalue weighted by Gasteiger charge is 1.57. The van der Waals surface area contributed by atoms with Gasteiger partial charge in [-0.15, -0.1) is 0 Å². The van der Waals surface area contributed by atoms with Crippen molar-refractivity contribution in [1.29, 1.82) is 0 Å². The molecule has 0 aromatic heterocycles. The van der Waals surface area contributed by atoms with Gasteiger partial charge in [-0.05, 0) is 6.92 Å². The Morgan fingerprint density at radius 2 is 1.00 bits per heavy atom. The molecule has 2 nitrogen and oxygen atoms in total. The summed E-state index contributed by atoms with van der Waals surface area (Å²) in [5, 5.41) is 7.57. The van der Waals surface area contributed by atoms with Crippen LogP contribution in [0.3, 0.4) is 0 Å². The molecule has 1 aromatic rings. The zero-order valence-electron chi connectivity index (χ0n) is 6.12. The van der Waals surface area contributed by atoms with Gasteiger partial charge in [-0.25, -0.2) is 0 Å². The van der Waals surface area contributed by atoms with Crippen molar-refractivity contribution >= 4 is 0 Å². The average molecular weight is 142 g/mol. The minimum Gasteiger partial charge on any atom is -0.412 e. The van der Waals surface area contributed by atoms with E-state index in [2.05, 4.69) is 0 Å². The van der Waals surface area contributed by atoms with Crippen LogP contribution in [0.25, 0.3) is 0 Å². The predicted octanol–water partition coefficient (Wildman–Crippen LogP) is 0.860. The fourth-order valence-corrected chi connectivity index (χ4v) is 0.385. The van der Waals surface area contributed by atoms with Crippen molar-refractivity contribution in [2.24, 2.45) is 0 Å². The summed E-state index contributed by atoms with van der Waals surface area (Å²) in [6.45, 7) is 1.93. The van der Waals surface area contributed by atoms with Crippen LogP contribution in [-0.2, 0) is 0 Å². The molecule has 0 heterocycles. The maximum absolute atomic E-state index is 7.57. The van der Waals surface area contributed by atoms with E-state index in [1.54, 1.807) is 6.92 Å². The average Bonchev–Trinajstić information content (AvgIpc) is 1.93. The molecule has 0 spiro atoms. The first kappa shape index (κ1) is 11.9. The zero-order chi connectivity index (χ0) is 6.95. The number of hydrogen-bond donors (Lipinski definition) is 1. The van der Waals surface area contributed by atoms with Crippen molar-refractivity contribution in [3.8, 4) is 0 Å². The SMILES string of the molecule is CCO.O.c1ccccc1. The lowest BCUT2D eigenvalue weighted by atomic mass is 10.4. The van der Waals surface area contributed by atoms with E-state index < -0.39 is 0 Å². The molecule has 0 aliphatic heterocycles. The molecule has 0 radical (unpaired) electrons. The molecule has 0 amide bonds. The minimum absolute atomic E-state index is 0. The van der Waals surface area contributed by atoms with Gasteiger partial charge in [0.15, 0.2) is 0 Å². The quantitative estimate of drug-likeness (QED) is 0.574. The number of benzene rings is 1. The Balaban J connectivity index is 0. The summed E-state index contributed by atoms with van der Waals surface area (Å²) >= 11 is 0. The Bertz CT molecular complexity index is 90.1. The first-order chi connectivity index (χ1) is 4.41. The third-order valence-corrected chi connectivity index (χ3v) is 0.667. The van der Waals surface area contributed by atoms with Crippen LogP contribution in [0.2, 0.25) is 0 Å². The number of rotatable bonds is 0. The van der Waals surface area contributed by atoms with Crippen LogP contribution in [0, 0.1) is 0 Å². The molecule has 1 aromatic carbocycles. The molecule has 58 valence electrons. The Hall–Kier alpha value is -0.860. The second kappa shape index (κ2) is 11.0. The van der Waals surface area contributed by atoms with E-state index in [0.717, 1.165) is 0 Å². The van der Waals surface area contributed by atoms with E-state index in [4.69, 9.17) is 5.11 Å². The molecule has 1 rings (SSSR count). The highest BCUT2D eigenvalue weighted by atomic mass is 16.2. The standard InChI is InChI=1S/C6H6.C2H6O.H2O/c1-2-4-6-5-3-1;1-2-3;/h1-6H;3H,2H2,1H3;1H2. The molecule has 3 N–H and O–H groups in total. The molecule has 0 aliphatic rings. The van der Waals surface area contributed by atoms with Crippen molar-refractivity contribution in [2.75, 3.05) is 6.61 Å². The fraction of sp³-hybridized carbons (Fsp3) is 0.250. The molecule has 0 aliphatic carbocycles. The lowest BCUT2D eigenvalue weighted by molar-refractivity contribution is 0.318.